The minimum atomic E-state index is -0.522. The number of likely N-dealkylation sites (tertiary alicyclic amines) is 1. The van der Waals surface area contributed by atoms with E-state index in [1.165, 1.54) is 0 Å². The quantitative estimate of drug-likeness (QED) is 0.881. The number of rotatable bonds is 5. The van der Waals surface area contributed by atoms with Crippen molar-refractivity contribution < 1.29 is 9.90 Å². The average molecular weight is 330 g/mol. The molecule has 0 spiro atoms. The Morgan fingerprint density at radius 2 is 2.17 bits per heavy atom. The summed E-state index contributed by atoms with van der Waals surface area (Å²) in [5.74, 6) is 0. The van der Waals surface area contributed by atoms with Crippen molar-refractivity contribution in [2.75, 3.05) is 6.54 Å². The summed E-state index contributed by atoms with van der Waals surface area (Å²) in [4.78, 5) is 14.3. The molecular weight excluding hydrogens is 308 g/mol. The summed E-state index contributed by atoms with van der Waals surface area (Å²) in [5, 5.41) is 17.4. The van der Waals surface area contributed by atoms with E-state index in [2.05, 4.69) is 5.32 Å². The Morgan fingerprint density at radius 3 is 2.91 bits per heavy atom. The van der Waals surface area contributed by atoms with Gasteiger partial charge in [0.2, 0.25) is 0 Å². The van der Waals surface area contributed by atoms with E-state index in [0.29, 0.717) is 13.0 Å². The highest BCUT2D eigenvalue weighted by atomic mass is 32.1. The number of hydrogen-bond acceptors (Lipinski definition) is 3. The van der Waals surface area contributed by atoms with Crippen LogP contribution >= 0.6 is 11.3 Å². The number of benzene rings is 1. The van der Waals surface area contributed by atoms with Crippen molar-refractivity contribution in [2.45, 2.75) is 38.0 Å². The number of hydrogen-bond donors (Lipinski definition) is 2. The van der Waals surface area contributed by atoms with Gasteiger partial charge in [-0.25, -0.2) is 4.79 Å². The Morgan fingerprint density at radius 1 is 1.35 bits per heavy atom. The lowest BCUT2D eigenvalue weighted by molar-refractivity contribution is 0.126. The van der Waals surface area contributed by atoms with E-state index in [1.807, 2.05) is 52.1 Å². The SMILES string of the molecule is O=C(NCc1ccsc1)N1CCC[C@H]1C[C@@H](O)c1ccccc1. The number of nitrogens with one attached hydrogen (secondary N) is 1. The molecule has 1 aliphatic rings. The highest BCUT2D eigenvalue weighted by Crippen LogP contribution is 2.27. The molecule has 0 aliphatic carbocycles. The molecule has 2 atom stereocenters. The molecule has 1 aromatic carbocycles. The molecule has 1 saturated heterocycles. The van der Waals surface area contributed by atoms with Gasteiger partial charge in [-0.2, -0.15) is 11.3 Å². The highest BCUT2D eigenvalue weighted by Gasteiger charge is 2.30. The average Bonchev–Trinajstić information content (AvgIpc) is 3.25. The maximum atomic E-state index is 12.4. The van der Waals surface area contributed by atoms with Crippen LogP contribution in [0.3, 0.4) is 0 Å². The molecule has 122 valence electrons. The number of aliphatic hydroxyl groups is 1. The van der Waals surface area contributed by atoms with Crippen LogP contribution in [-0.4, -0.2) is 28.6 Å². The lowest BCUT2D eigenvalue weighted by atomic mass is 10.0. The lowest BCUT2D eigenvalue weighted by Crippen LogP contribution is -2.43. The molecule has 5 heteroatoms. The van der Waals surface area contributed by atoms with Gasteiger partial charge in [-0.3, -0.25) is 0 Å². The molecule has 1 fully saturated rings. The molecule has 2 amide bonds. The molecule has 0 radical (unpaired) electrons. The summed E-state index contributed by atoms with van der Waals surface area (Å²) in [6, 6.07) is 11.8. The van der Waals surface area contributed by atoms with Crippen LogP contribution in [0.15, 0.2) is 47.2 Å². The fraction of sp³-hybridized carbons (Fsp3) is 0.389. The van der Waals surface area contributed by atoms with Gasteiger partial charge in [-0.15, -0.1) is 0 Å². The monoisotopic (exact) mass is 330 g/mol. The Labute approximate surface area is 140 Å². The van der Waals surface area contributed by atoms with Gasteiger partial charge in [-0.1, -0.05) is 30.3 Å². The zero-order valence-corrected chi connectivity index (χ0v) is 13.8. The molecule has 23 heavy (non-hydrogen) atoms. The number of aliphatic hydroxyl groups excluding tert-OH is 1. The van der Waals surface area contributed by atoms with E-state index < -0.39 is 6.10 Å². The van der Waals surface area contributed by atoms with E-state index in [0.717, 1.165) is 30.5 Å². The summed E-state index contributed by atoms with van der Waals surface area (Å²) in [6.07, 6.45) is 2.02. The number of carbonyl (C=O) groups is 1. The number of urea groups is 1. The van der Waals surface area contributed by atoms with Crippen molar-refractivity contribution in [3.8, 4) is 0 Å². The minimum Gasteiger partial charge on any atom is -0.388 e. The van der Waals surface area contributed by atoms with Crippen LogP contribution in [0.2, 0.25) is 0 Å². The van der Waals surface area contributed by atoms with Crippen LogP contribution in [0.25, 0.3) is 0 Å². The van der Waals surface area contributed by atoms with Crippen LogP contribution in [0.4, 0.5) is 4.79 Å². The first-order chi connectivity index (χ1) is 11.2. The molecule has 4 nitrogen and oxygen atoms in total. The zero-order valence-electron chi connectivity index (χ0n) is 13.0. The summed E-state index contributed by atoms with van der Waals surface area (Å²) in [5.41, 5.74) is 2.04. The van der Waals surface area contributed by atoms with Gasteiger partial charge in [-0.05, 0) is 47.2 Å². The van der Waals surface area contributed by atoms with Gasteiger partial charge < -0.3 is 15.3 Å². The molecule has 1 aromatic heterocycles. The van der Waals surface area contributed by atoms with Gasteiger partial charge in [0.05, 0.1) is 6.10 Å². The molecule has 2 aromatic rings. The smallest absolute Gasteiger partial charge is 0.317 e. The first-order valence-corrected chi connectivity index (χ1v) is 8.97. The first kappa shape index (κ1) is 16.0. The molecule has 3 rings (SSSR count). The van der Waals surface area contributed by atoms with Crippen molar-refractivity contribution in [1.82, 2.24) is 10.2 Å². The van der Waals surface area contributed by atoms with E-state index in [4.69, 9.17) is 0 Å². The fourth-order valence-corrected chi connectivity index (χ4v) is 3.76. The van der Waals surface area contributed by atoms with Gasteiger partial charge in [0.25, 0.3) is 0 Å². The van der Waals surface area contributed by atoms with E-state index in [1.54, 1.807) is 11.3 Å². The number of carbonyl (C=O) groups excluding carboxylic acids is 1. The van der Waals surface area contributed by atoms with Crippen LogP contribution in [-0.2, 0) is 6.54 Å². The molecule has 2 N–H and O–H groups in total. The Kier molecular flexibility index (Phi) is 5.31. The van der Waals surface area contributed by atoms with Crippen molar-refractivity contribution >= 4 is 17.4 Å². The van der Waals surface area contributed by atoms with E-state index in [9.17, 15) is 9.90 Å². The molecule has 2 heterocycles. The van der Waals surface area contributed by atoms with Crippen LogP contribution < -0.4 is 5.32 Å². The van der Waals surface area contributed by atoms with E-state index >= 15 is 0 Å². The second kappa shape index (κ2) is 7.62. The van der Waals surface area contributed by atoms with Gasteiger partial charge in [0.1, 0.15) is 0 Å². The first-order valence-electron chi connectivity index (χ1n) is 8.02. The molecule has 1 aliphatic heterocycles. The third-order valence-corrected chi connectivity index (χ3v) is 5.07. The number of nitrogens with zero attached hydrogens (tertiary/aromatic N) is 1. The summed E-state index contributed by atoms with van der Waals surface area (Å²) in [6.45, 7) is 1.33. The standard InChI is InChI=1S/C18H22N2O2S/c21-17(15-5-2-1-3-6-15)11-16-7-4-9-20(16)18(22)19-12-14-8-10-23-13-14/h1-3,5-6,8,10,13,16-17,21H,4,7,9,11-12H2,(H,19,22)/t16-,17+/m0/s1. The molecular formula is C18H22N2O2S. The normalized spacial score (nSPS) is 18.8. The predicted octanol–water partition coefficient (Wildman–Crippen LogP) is 3.55. The second-order valence-corrected chi connectivity index (χ2v) is 6.72. The third kappa shape index (κ3) is 4.12. The lowest BCUT2D eigenvalue weighted by Gasteiger charge is -2.27. The third-order valence-electron chi connectivity index (χ3n) is 4.34. The Bertz CT molecular complexity index is 615. The summed E-state index contributed by atoms with van der Waals surface area (Å²) in [7, 11) is 0. The predicted molar refractivity (Wildman–Crippen MR) is 92.3 cm³/mol. The summed E-state index contributed by atoms with van der Waals surface area (Å²) < 4.78 is 0. The Hall–Kier alpha value is -1.85. The van der Waals surface area contributed by atoms with Crippen molar-refractivity contribution in [2.24, 2.45) is 0 Å². The fourth-order valence-electron chi connectivity index (χ4n) is 3.09. The van der Waals surface area contributed by atoms with Crippen LogP contribution in [0, 0.1) is 0 Å². The minimum absolute atomic E-state index is 0.0287. The maximum absolute atomic E-state index is 12.4. The Balaban J connectivity index is 1.55. The van der Waals surface area contributed by atoms with Gasteiger partial charge in [0.15, 0.2) is 0 Å². The largest absolute Gasteiger partial charge is 0.388 e. The number of amides is 2. The van der Waals surface area contributed by atoms with E-state index in [-0.39, 0.29) is 12.1 Å². The molecule has 0 saturated carbocycles. The molecule has 0 unspecified atom stereocenters. The second-order valence-electron chi connectivity index (χ2n) is 5.94. The van der Waals surface area contributed by atoms with Gasteiger partial charge in [0, 0.05) is 19.1 Å². The molecule has 0 bridgehead atoms. The zero-order chi connectivity index (χ0) is 16.1. The highest BCUT2D eigenvalue weighted by molar-refractivity contribution is 7.07. The van der Waals surface area contributed by atoms with Crippen LogP contribution in [0.1, 0.15) is 36.5 Å². The summed E-state index contributed by atoms with van der Waals surface area (Å²) >= 11 is 1.63. The van der Waals surface area contributed by atoms with Crippen molar-refractivity contribution in [3.63, 3.8) is 0 Å². The van der Waals surface area contributed by atoms with Crippen LogP contribution in [0.5, 0.6) is 0 Å². The topological polar surface area (TPSA) is 52.6 Å². The number of thiophene rings is 1. The van der Waals surface area contributed by atoms with Crippen molar-refractivity contribution in [1.29, 1.82) is 0 Å². The van der Waals surface area contributed by atoms with Gasteiger partial charge >= 0.3 is 6.03 Å². The van der Waals surface area contributed by atoms with Crippen molar-refractivity contribution in [3.05, 3.63) is 58.3 Å². The maximum Gasteiger partial charge on any atom is 0.317 e.